The highest BCUT2D eigenvalue weighted by Gasteiger charge is 2.21. The maximum Gasteiger partial charge on any atom is 0.322 e. The molecule has 9 heteroatoms. The van der Waals surface area contributed by atoms with Crippen LogP contribution in [0.3, 0.4) is 0 Å². The summed E-state index contributed by atoms with van der Waals surface area (Å²) in [4.78, 5) is 14.1. The summed E-state index contributed by atoms with van der Waals surface area (Å²) in [5, 5.41) is 14.4. The number of anilines is 1. The van der Waals surface area contributed by atoms with Gasteiger partial charge in [0, 0.05) is 18.8 Å². The molecule has 2 aromatic rings. The quantitative estimate of drug-likeness (QED) is 0.908. The van der Waals surface area contributed by atoms with Crippen molar-refractivity contribution < 1.29 is 14.3 Å². The van der Waals surface area contributed by atoms with E-state index in [-0.39, 0.29) is 12.1 Å². The van der Waals surface area contributed by atoms with E-state index in [9.17, 15) is 4.79 Å². The third-order valence-electron chi connectivity index (χ3n) is 3.81. The van der Waals surface area contributed by atoms with E-state index in [0.29, 0.717) is 42.6 Å². The highest BCUT2D eigenvalue weighted by Crippen LogP contribution is 2.26. The van der Waals surface area contributed by atoms with Gasteiger partial charge in [-0.25, -0.2) is 4.79 Å². The molecular weight excluding hydrogens is 312 g/mol. The van der Waals surface area contributed by atoms with E-state index in [0.717, 1.165) is 0 Å². The molecule has 128 valence electrons. The molecule has 1 saturated heterocycles. The second-order valence-electron chi connectivity index (χ2n) is 5.58. The van der Waals surface area contributed by atoms with Crippen LogP contribution in [-0.4, -0.2) is 64.0 Å². The zero-order chi connectivity index (χ0) is 17.1. The lowest BCUT2D eigenvalue weighted by Gasteiger charge is -2.31. The standard InChI is InChI=1S/C15H20N6O3/c1-10-9-20(6-7-24-10)15(22)16-12-4-5-14(23-3)13(8-12)21-11(2)17-18-19-21/h4-5,8,10H,6-7,9H2,1-3H3,(H,16,22)/t10-/m1/s1. The molecule has 1 N–H and O–H groups in total. The molecule has 3 rings (SSSR count). The van der Waals surface area contributed by atoms with Crippen LogP contribution in [0.5, 0.6) is 5.75 Å². The van der Waals surface area contributed by atoms with Gasteiger partial charge in [-0.3, -0.25) is 0 Å². The van der Waals surface area contributed by atoms with Crippen molar-refractivity contribution >= 4 is 11.7 Å². The lowest BCUT2D eigenvalue weighted by molar-refractivity contribution is -0.00138. The first-order chi connectivity index (χ1) is 11.6. The van der Waals surface area contributed by atoms with Gasteiger partial charge in [-0.2, -0.15) is 4.68 Å². The van der Waals surface area contributed by atoms with Gasteiger partial charge in [0.15, 0.2) is 5.82 Å². The van der Waals surface area contributed by atoms with Crippen molar-refractivity contribution in [2.24, 2.45) is 0 Å². The number of rotatable bonds is 3. The molecule has 1 aromatic heterocycles. The van der Waals surface area contributed by atoms with Crippen molar-refractivity contribution in [1.82, 2.24) is 25.1 Å². The van der Waals surface area contributed by atoms with Gasteiger partial charge >= 0.3 is 6.03 Å². The Labute approximate surface area is 139 Å². The molecule has 1 atom stereocenters. The summed E-state index contributed by atoms with van der Waals surface area (Å²) in [6.45, 7) is 5.43. The van der Waals surface area contributed by atoms with Gasteiger partial charge in [0.25, 0.3) is 0 Å². The van der Waals surface area contributed by atoms with Crippen LogP contribution in [0.15, 0.2) is 18.2 Å². The summed E-state index contributed by atoms with van der Waals surface area (Å²) in [5.41, 5.74) is 1.30. The number of benzene rings is 1. The number of tetrazole rings is 1. The number of ether oxygens (including phenoxy) is 2. The molecule has 2 amide bonds. The molecule has 0 radical (unpaired) electrons. The average molecular weight is 332 g/mol. The number of urea groups is 1. The summed E-state index contributed by atoms with van der Waals surface area (Å²) in [6.07, 6.45) is 0.0415. The number of carbonyl (C=O) groups excluding carboxylic acids is 1. The number of nitrogens with one attached hydrogen (secondary N) is 1. The molecule has 2 heterocycles. The van der Waals surface area contributed by atoms with Crippen LogP contribution in [0.25, 0.3) is 5.69 Å². The Bertz CT molecular complexity index is 732. The number of methoxy groups -OCH3 is 1. The van der Waals surface area contributed by atoms with Crippen LogP contribution < -0.4 is 10.1 Å². The summed E-state index contributed by atoms with van der Waals surface area (Å²) in [7, 11) is 1.58. The number of hydrogen-bond donors (Lipinski definition) is 1. The topological polar surface area (TPSA) is 94.4 Å². The number of nitrogens with zero attached hydrogens (tertiary/aromatic N) is 5. The number of hydrogen-bond acceptors (Lipinski definition) is 6. The Morgan fingerprint density at radius 2 is 2.29 bits per heavy atom. The van der Waals surface area contributed by atoms with Crippen LogP contribution >= 0.6 is 0 Å². The highest BCUT2D eigenvalue weighted by atomic mass is 16.5. The molecule has 1 aromatic carbocycles. The lowest BCUT2D eigenvalue weighted by Crippen LogP contribution is -2.46. The van der Waals surface area contributed by atoms with E-state index in [1.165, 1.54) is 0 Å². The molecule has 0 aliphatic carbocycles. The Morgan fingerprint density at radius 3 is 2.96 bits per heavy atom. The first-order valence-corrected chi connectivity index (χ1v) is 7.69. The molecule has 0 bridgehead atoms. The van der Waals surface area contributed by atoms with Gasteiger partial charge in [0.2, 0.25) is 0 Å². The van der Waals surface area contributed by atoms with Gasteiger partial charge in [-0.05, 0) is 42.5 Å². The SMILES string of the molecule is COc1ccc(NC(=O)N2CCO[C@H](C)C2)cc1-n1nnnc1C. The van der Waals surface area contributed by atoms with Crippen molar-refractivity contribution in [3.63, 3.8) is 0 Å². The van der Waals surface area contributed by atoms with E-state index in [2.05, 4.69) is 20.8 Å². The summed E-state index contributed by atoms with van der Waals surface area (Å²) >= 11 is 0. The third-order valence-corrected chi connectivity index (χ3v) is 3.81. The normalized spacial score (nSPS) is 17.6. The fraction of sp³-hybridized carbons (Fsp3) is 0.467. The smallest absolute Gasteiger partial charge is 0.322 e. The van der Waals surface area contributed by atoms with E-state index < -0.39 is 0 Å². The van der Waals surface area contributed by atoms with Gasteiger partial charge in [-0.1, -0.05) is 0 Å². The van der Waals surface area contributed by atoms with Crippen LogP contribution in [0, 0.1) is 6.92 Å². The Morgan fingerprint density at radius 1 is 1.46 bits per heavy atom. The van der Waals surface area contributed by atoms with Gasteiger partial charge in [0.05, 0.1) is 19.8 Å². The zero-order valence-corrected chi connectivity index (χ0v) is 13.9. The third kappa shape index (κ3) is 3.30. The van der Waals surface area contributed by atoms with Crippen LogP contribution in [0.4, 0.5) is 10.5 Å². The molecular formula is C15H20N6O3. The average Bonchev–Trinajstić information content (AvgIpc) is 3.00. The largest absolute Gasteiger partial charge is 0.494 e. The predicted octanol–water partition coefficient (Wildman–Crippen LogP) is 1.23. The van der Waals surface area contributed by atoms with Crippen molar-refractivity contribution in [3.8, 4) is 11.4 Å². The molecule has 0 unspecified atom stereocenters. The van der Waals surface area contributed by atoms with E-state index in [4.69, 9.17) is 9.47 Å². The fourth-order valence-corrected chi connectivity index (χ4v) is 2.59. The molecule has 1 aliphatic rings. The Kier molecular flexibility index (Phi) is 4.61. The first-order valence-electron chi connectivity index (χ1n) is 7.69. The van der Waals surface area contributed by atoms with Crippen molar-refractivity contribution in [3.05, 3.63) is 24.0 Å². The minimum atomic E-state index is -0.158. The maximum absolute atomic E-state index is 12.4. The highest BCUT2D eigenvalue weighted by molar-refractivity contribution is 5.90. The van der Waals surface area contributed by atoms with E-state index in [1.807, 2.05) is 6.92 Å². The van der Waals surface area contributed by atoms with Crippen LogP contribution in [-0.2, 0) is 4.74 Å². The molecule has 1 aliphatic heterocycles. The van der Waals surface area contributed by atoms with Crippen LogP contribution in [0.2, 0.25) is 0 Å². The summed E-state index contributed by atoms with van der Waals surface area (Å²) in [5.74, 6) is 1.24. The Balaban J connectivity index is 1.82. The number of morpholine rings is 1. The minimum absolute atomic E-state index is 0.0415. The molecule has 0 spiro atoms. The number of aryl methyl sites for hydroxylation is 1. The molecule has 9 nitrogen and oxygen atoms in total. The second kappa shape index (κ2) is 6.83. The zero-order valence-electron chi connectivity index (χ0n) is 13.9. The number of carbonyl (C=O) groups is 1. The van der Waals surface area contributed by atoms with Crippen molar-refractivity contribution in [2.75, 3.05) is 32.1 Å². The second-order valence-corrected chi connectivity index (χ2v) is 5.58. The van der Waals surface area contributed by atoms with Crippen molar-refractivity contribution in [1.29, 1.82) is 0 Å². The monoisotopic (exact) mass is 332 g/mol. The van der Waals surface area contributed by atoms with Gasteiger partial charge < -0.3 is 19.7 Å². The van der Waals surface area contributed by atoms with Crippen LogP contribution in [0.1, 0.15) is 12.7 Å². The van der Waals surface area contributed by atoms with Gasteiger partial charge in [0.1, 0.15) is 11.4 Å². The molecule has 1 fully saturated rings. The van der Waals surface area contributed by atoms with Crippen molar-refractivity contribution in [2.45, 2.75) is 20.0 Å². The first kappa shape index (κ1) is 16.2. The maximum atomic E-state index is 12.4. The Hall–Kier alpha value is -2.68. The van der Waals surface area contributed by atoms with E-state index in [1.54, 1.807) is 41.8 Å². The van der Waals surface area contributed by atoms with E-state index >= 15 is 0 Å². The molecule has 0 saturated carbocycles. The van der Waals surface area contributed by atoms with Gasteiger partial charge in [-0.15, -0.1) is 5.10 Å². The minimum Gasteiger partial charge on any atom is -0.494 e. The number of amides is 2. The lowest BCUT2D eigenvalue weighted by atomic mass is 10.2. The number of aromatic nitrogens is 4. The summed E-state index contributed by atoms with van der Waals surface area (Å²) < 4.78 is 12.4. The molecule has 24 heavy (non-hydrogen) atoms. The predicted molar refractivity (Wildman–Crippen MR) is 86.4 cm³/mol. The fourth-order valence-electron chi connectivity index (χ4n) is 2.59. The summed E-state index contributed by atoms with van der Waals surface area (Å²) in [6, 6.07) is 5.18.